The van der Waals surface area contributed by atoms with E-state index in [0.29, 0.717) is 19.4 Å². The molecule has 16 heavy (non-hydrogen) atoms. The molecule has 0 aliphatic carbocycles. The maximum absolute atomic E-state index is 11.7. The maximum atomic E-state index is 11.7. The molecule has 1 heterocycles. The molecule has 5 nitrogen and oxygen atoms in total. The van der Waals surface area contributed by atoms with Crippen LogP contribution in [-0.4, -0.2) is 34.5 Å². The van der Waals surface area contributed by atoms with E-state index in [4.69, 9.17) is 10.9 Å². The molecule has 0 aromatic carbocycles. The van der Waals surface area contributed by atoms with Crippen molar-refractivity contribution in [2.45, 2.75) is 37.4 Å². The second-order valence-corrected chi connectivity index (χ2v) is 5.15. The number of nitrogens with zero attached hydrogens (tertiary/aromatic N) is 1. The topological polar surface area (TPSA) is 87.7 Å². The fourth-order valence-corrected chi connectivity index (χ4v) is 2.82. The Kier molecular flexibility index (Phi) is 6.07. The fourth-order valence-electron chi connectivity index (χ4n) is 1.59. The molecule has 4 N–H and O–H groups in total. The summed E-state index contributed by atoms with van der Waals surface area (Å²) >= 11 is 1.74. The summed E-state index contributed by atoms with van der Waals surface area (Å²) in [7, 11) is 0. The second kappa shape index (κ2) is 7.38. The summed E-state index contributed by atoms with van der Waals surface area (Å²) in [5.74, 6) is 1.42. The molecule has 1 atom stereocenters. The Balaban J connectivity index is 2.10. The van der Waals surface area contributed by atoms with E-state index in [9.17, 15) is 4.79 Å². The molecular formula is C10H19N3O2S. The highest BCUT2D eigenvalue weighted by molar-refractivity contribution is 8.00. The van der Waals surface area contributed by atoms with Crippen LogP contribution in [0.15, 0.2) is 5.16 Å². The summed E-state index contributed by atoms with van der Waals surface area (Å²) in [6.45, 7) is 0.589. The van der Waals surface area contributed by atoms with Gasteiger partial charge in [0, 0.05) is 13.0 Å². The number of oxime groups is 1. The summed E-state index contributed by atoms with van der Waals surface area (Å²) in [4.78, 5) is 11.7. The van der Waals surface area contributed by atoms with E-state index in [1.54, 1.807) is 11.8 Å². The van der Waals surface area contributed by atoms with E-state index >= 15 is 0 Å². The van der Waals surface area contributed by atoms with Crippen LogP contribution in [0.1, 0.15) is 32.1 Å². The van der Waals surface area contributed by atoms with E-state index in [1.807, 2.05) is 0 Å². The van der Waals surface area contributed by atoms with Crippen molar-refractivity contribution in [3.63, 3.8) is 0 Å². The SMILES string of the molecule is NC(CCCNC(=O)C1CCCCS1)=NO. The number of carbonyl (C=O) groups is 1. The third-order valence-electron chi connectivity index (χ3n) is 2.51. The second-order valence-electron chi connectivity index (χ2n) is 3.84. The van der Waals surface area contributed by atoms with E-state index in [1.165, 1.54) is 6.42 Å². The van der Waals surface area contributed by atoms with Crippen molar-refractivity contribution in [2.24, 2.45) is 10.9 Å². The van der Waals surface area contributed by atoms with Crippen LogP contribution in [0.2, 0.25) is 0 Å². The van der Waals surface area contributed by atoms with Gasteiger partial charge in [0.05, 0.1) is 5.25 Å². The summed E-state index contributed by atoms with van der Waals surface area (Å²) in [5, 5.41) is 14.2. The first kappa shape index (κ1) is 13.2. The van der Waals surface area contributed by atoms with Crippen LogP contribution in [0, 0.1) is 0 Å². The minimum Gasteiger partial charge on any atom is -0.409 e. The average molecular weight is 245 g/mol. The van der Waals surface area contributed by atoms with Gasteiger partial charge in [-0.2, -0.15) is 0 Å². The van der Waals surface area contributed by atoms with Crippen LogP contribution in [0.3, 0.4) is 0 Å². The van der Waals surface area contributed by atoms with Crippen molar-refractivity contribution in [3.05, 3.63) is 0 Å². The highest BCUT2D eigenvalue weighted by Gasteiger charge is 2.20. The van der Waals surface area contributed by atoms with Crippen LogP contribution in [-0.2, 0) is 4.79 Å². The minimum atomic E-state index is 0.123. The van der Waals surface area contributed by atoms with Gasteiger partial charge in [-0.25, -0.2) is 0 Å². The van der Waals surface area contributed by atoms with Crippen LogP contribution in [0.5, 0.6) is 0 Å². The van der Waals surface area contributed by atoms with Gasteiger partial charge in [0.25, 0.3) is 0 Å². The predicted molar refractivity (Wildman–Crippen MR) is 65.7 cm³/mol. The lowest BCUT2D eigenvalue weighted by molar-refractivity contribution is -0.120. The van der Waals surface area contributed by atoms with Gasteiger partial charge in [-0.15, -0.1) is 11.8 Å². The molecule has 0 spiro atoms. The molecule has 1 saturated heterocycles. The molecule has 1 rings (SSSR count). The Morgan fingerprint density at radius 1 is 1.56 bits per heavy atom. The zero-order valence-electron chi connectivity index (χ0n) is 9.32. The van der Waals surface area contributed by atoms with Crippen molar-refractivity contribution in [1.29, 1.82) is 0 Å². The number of amides is 1. The first-order chi connectivity index (χ1) is 7.74. The van der Waals surface area contributed by atoms with Crippen LogP contribution in [0.25, 0.3) is 0 Å². The molecule has 1 aliphatic rings. The zero-order valence-corrected chi connectivity index (χ0v) is 10.1. The lowest BCUT2D eigenvalue weighted by Gasteiger charge is -2.20. The van der Waals surface area contributed by atoms with E-state index < -0.39 is 0 Å². The third-order valence-corrected chi connectivity index (χ3v) is 3.89. The first-order valence-electron chi connectivity index (χ1n) is 5.59. The van der Waals surface area contributed by atoms with Gasteiger partial charge in [-0.1, -0.05) is 11.6 Å². The summed E-state index contributed by atoms with van der Waals surface area (Å²) in [6, 6.07) is 0. The van der Waals surface area contributed by atoms with Gasteiger partial charge >= 0.3 is 0 Å². The monoisotopic (exact) mass is 245 g/mol. The summed E-state index contributed by atoms with van der Waals surface area (Å²) in [6.07, 6.45) is 4.57. The minimum absolute atomic E-state index is 0.123. The van der Waals surface area contributed by atoms with Crippen molar-refractivity contribution in [1.82, 2.24) is 5.32 Å². The molecule has 0 radical (unpaired) electrons. The number of hydrogen-bond donors (Lipinski definition) is 3. The zero-order chi connectivity index (χ0) is 11.8. The molecule has 0 aromatic rings. The van der Waals surface area contributed by atoms with E-state index in [-0.39, 0.29) is 17.0 Å². The quantitative estimate of drug-likeness (QED) is 0.221. The maximum Gasteiger partial charge on any atom is 0.233 e. The van der Waals surface area contributed by atoms with Crippen LogP contribution >= 0.6 is 11.8 Å². The summed E-state index contributed by atoms with van der Waals surface area (Å²) in [5.41, 5.74) is 5.32. The number of hydrogen-bond acceptors (Lipinski definition) is 4. The third kappa shape index (κ3) is 4.74. The Morgan fingerprint density at radius 2 is 2.38 bits per heavy atom. The number of nitrogens with two attached hydrogens (primary N) is 1. The van der Waals surface area contributed by atoms with Crippen molar-refractivity contribution in [3.8, 4) is 0 Å². The van der Waals surface area contributed by atoms with Gasteiger partial charge in [-0.3, -0.25) is 4.79 Å². The lowest BCUT2D eigenvalue weighted by atomic mass is 10.2. The van der Waals surface area contributed by atoms with Gasteiger partial charge in [-0.05, 0) is 25.0 Å². The normalized spacial score (nSPS) is 21.8. The molecule has 0 bridgehead atoms. The molecule has 1 amide bonds. The molecule has 1 aliphatic heterocycles. The molecule has 1 unspecified atom stereocenters. The average Bonchev–Trinajstić information content (AvgIpc) is 2.35. The largest absolute Gasteiger partial charge is 0.409 e. The van der Waals surface area contributed by atoms with Crippen molar-refractivity contribution >= 4 is 23.5 Å². The number of rotatable bonds is 5. The first-order valence-corrected chi connectivity index (χ1v) is 6.64. The number of thioether (sulfide) groups is 1. The Hall–Kier alpha value is -0.910. The van der Waals surface area contributed by atoms with Gasteiger partial charge in [0.2, 0.25) is 5.91 Å². The standard InChI is InChI=1S/C10H19N3O2S/c11-9(13-15)5-3-6-12-10(14)8-4-1-2-7-16-8/h8,15H,1-7H2,(H2,11,13)(H,12,14). The highest BCUT2D eigenvalue weighted by Crippen LogP contribution is 2.24. The Bertz CT molecular complexity index is 252. The van der Waals surface area contributed by atoms with E-state index in [2.05, 4.69) is 10.5 Å². The molecule has 0 saturated carbocycles. The predicted octanol–water partition coefficient (Wildman–Crippen LogP) is 0.915. The Labute approximate surface area is 99.8 Å². The van der Waals surface area contributed by atoms with Crippen molar-refractivity contribution < 1.29 is 10.0 Å². The van der Waals surface area contributed by atoms with Crippen molar-refractivity contribution in [2.75, 3.05) is 12.3 Å². The number of amidine groups is 1. The molecule has 1 fully saturated rings. The molecule has 92 valence electrons. The highest BCUT2D eigenvalue weighted by atomic mass is 32.2. The van der Waals surface area contributed by atoms with Gasteiger partial charge in [0.1, 0.15) is 5.84 Å². The van der Waals surface area contributed by atoms with Gasteiger partial charge in [0.15, 0.2) is 0 Å². The summed E-state index contributed by atoms with van der Waals surface area (Å²) < 4.78 is 0. The molecule has 0 aromatic heterocycles. The lowest BCUT2D eigenvalue weighted by Crippen LogP contribution is -2.35. The fraction of sp³-hybridized carbons (Fsp3) is 0.800. The van der Waals surface area contributed by atoms with Gasteiger partial charge < -0.3 is 16.3 Å². The van der Waals surface area contributed by atoms with Crippen LogP contribution < -0.4 is 11.1 Å². The Morgan fingerprint density at radius 3 is 3.00 bits per heavy atom. The van der Waals surface area contributed by atoms with Crippen LogP contribution in [0.4, 0.5) is 0 Å². The number of nitrogens with one attached hydrogen (secondary N) is 1. The number of carbonyl (C=O) groups excluding carboxylic acids is 1. The molecular weight excluding hydrogens is 226 g/mol. The molecule has 6 heteroatoms. The smallest absolute Gasteiger partial charge is 0.233 e. The van der Waals surface area contributed by atoms with E-state index in [0.717, 1.165) is 18.6 Å².